The Labute approximate surface area is 178 Å². The molecular weight excluding hydrogens is 388 g/mol. The molecule has 4 heteroatoms. The van der Waals surface area contributed by atoms with Gasteiger partial charge in [-0.25, -0.2) is 0 Å². The molecule has 0 aliphatic heterocycles. The van der Waals surface area contributed by atoms with E-state index in [0.29, 0.717) is 27.9 Å². The van der Waals surface area contributed by atoms with Gasteiger partial charge in [0, 0.05) is 5.56 Å². The fourth-order valence-corrected chi connectivity index (χ4v) is 3.80. The maximum absolute atomic E-state index is 13.9. The normalized spacial score (nSPS) is 11.0. The van der Waals surface area contributed by atoms with Crippen LogP contribution in [-0.4, -0.2) is 10.2 Å². The molecule has 4 nitrogen and oxygen atoms in total. The topological polar surface area (TPSA) is 70.7 Å². The number of rotatable bonds is 3. The zero-order valence-corrected chi connectivity index (χ0v) is 16.4. The van der Waals surface area contributed by atoms with E-state index < -0.39 is 0 Å². The summed E-state index contributed by atoms with van der Waals surface area (Å²) in [6.45, 7) is 0. The fraction of sp³-hybridized carbons (Fsp3) is 0. The number of hydrogen-bond acceptors (Lipinski definition) is 4. The van der Waals surface area contributed by atoms with Gasteiger partial charge in [0.15, 0.2) is 0 Å². The second kappa shape index (κ2) is 7.50. The molecule has 0 atom stereocenters. The van der Waals surface area contributed by atoms with Crippen molar-refractivity contribution in [3.8, 4) is 45.1 Å². The highest BCUT2D eigenvalue weighted by Crippen LogP contribution is 2.36. The van der Waals surface area contributed by atoms with E-state index in [4.69, 9.17) is 4.42 Å². The van der Waals surface area contributed by atoms with E-state index in [1.165, 1.54) is 0 Å². The molecule has 0 radical (unpaired) electrons. The third-order valence-electron chi connectivity index (χ3n) is 5.29. The second-order valence-electron chi connectivity index (χ2n) is 7.27. The maximum atomic E-state index is 13.9. The summed E-state index contributed by atoms with van der Waals surface area (Å²) in [4.78, 5) is 13.9. The Morgan fingerprint density at radius 2 is 1.19 bits per heavy atom. The van der Waals surface area contributed by atoms with Gasteiger partial charge in [-0.15, -0.1) is 0 Å². The predicted octanol–water partition coefficient (Wildman–Crippen LogP) is 6.21. The first-order valence-electron chi connectivity index (χ1n) is 9.86. The molecule has 4 aromatic carbocycles. The Morgan fingerprint density at radius 3 is 1.84 bits per heavy atom. The zero-order valence-electron chi connectivity index (χ0n) is 16.4. The molecule has 0 fully saturated rings. The van der Waals surface area contributed by atoms with Gasteiger partial charge in [-0.2, -0.15) is 0 Å². The van der Waals surface area contributed by atoms with Crippen LogP contribution >= 0.6 is 0 Å². The van der Waals surface area contributed by atoms with E-state index in [-0.39, 0.29) is 16.9 Å². The van der Waals surface area contributed by atoms with Gasteiger partial charge in [0.1, 0.15) is 22.8 Å². The van der Waals surface area contributed by atoms with Crippen LogP contribution in [0.25, 0.3) is 44.5 Å². The molecule has 150 valence electrons. The molecule has 0 aliphatic rings. The SMILES string of the molecule is O=c1c(-c2ccc(O)cc2)c(-c2ccccc2)oc2cccc(-c3ccc(O)cc3)c12. The lowest BCUT2D eigenvalue weighted by molar-refractivity contribution is 0.475. The largest absolute Gasteiger partial charge is 0.508 e. The van der Waals surface area contributed by atoms with Crippen LogP contribution in [0.1, 0.15) is 0 Å². The first-order chi connectivity index (χ1) is 15.1. The highest BCUT2D eigenvalue weighted by molar-refractivity contribution is 5.98. The van der Waals surface area contributed by atoms with Crippen molar-refractivity contribution in [1.82, 2.24) is 0 Å². The van der Waals surface area contributed by atoms with Crippen molar-refractivity contribution in [1.29, 1.82) is 0 Å². The summed E-state index contributed by atoms with van der Waals surface area (Å²) in [5.74, 6) is 0.763. The monoisotopic (exact) mass is 406 g/mol. The molecule has 2 N–H and O–H groups in total. The average molecular weight is 406 g/mol. The molecule has 0 unspecified atom stereocenters. The molecule has 1 heterocycles. The van der Waals surface area contributed by atoms with Crippen LogP contribution in [0.15, 0.2) is 106 Å². The molecular formula is C27H18O4. The minimum Gasteiger partial charge on any atom is -0.508 e. The third-order valence-corrected chi connectivity index (χ3v) is 5.29. The minimum atomic E-state index is -0.158. The summed E-state index contributed by atoms with van der Waals surface area (Å²) in [5.41, 5.74) is 3.74. The molecule has 5 rings (SSSR count). The van der Waals surface area contributed by atoms with E-state index in [2.05, 4.69) is 0 Å². The number of aromatic hydroxyl groups is 2. The van der Waals surface area contributed by atoms with Crippen LogP contribution in [0.3, 0.4) is 0 Å². The van der Waals surface area contributed by atoms with Crippen LogP contribution in [0.2, 0.25) is 0 Å². The molecule has 0 aliphatic carbocycles. The summed E-state index contributed by atoms with van der Waals surface area (Å²) >= 11 is 0. The van der Waals surface area contributed by atoms with E-state index in [1.807, 2.05) is 42.5 Å². The number of benzene rings is 4. The summed E-state index contributed by atoms with van der Waals surface area (Å²) in [7, 11) is 0. The number of phenolic OH excluding ortho intramolecular Hbond substituents is 2. The van der Waals surface area contributed by atoms with Gasteiger partial charge >= 0.3 is 0 Å². The van der Waals surface area contributed by atoms with Gasteiger partial charge in [0.25, 0.3) is 0 Å². The van der Waals surface area contributed by atoms with Gasteiger partial charge in [-0.1, -0.05) is 66.7 Å². The molecule has 31 heavy (non-hydrogen) atoms. The Kier molecular flexibility index (Phi) is 4.53. The molecule has 0 saturated heterocycles. The first-order valence-corrected chi connectivity index (χ1v) is 9.86. The van der Waals surface area contributed by atoms with E-state index >= 15 is 0 Å². The molecule has 0 amide bonds. The molecule has 0 spiro atoms. The van der Waals surface area contributed by atoms with E-state index in [1.54, 1.807) is 54.6 Å². The van der Waals surface area contributed by atoms with Crippen LogP contribution in [0, 0.1) is 0 Å². The van der Waals surface area contributed by atoms with Crippen LogP contribution in [0.4, 0.5) is 0 Å². The van der Waals surface area contributed by atoms with Crippen molar-refractivity contribution in [3.05, 3.63) is 107 Å². The quantitative estimate of drug-likeness (QED) is 0.374. The van der Waals surface area contributed by atoms with Crippen molar-refractivity contribution in [3.63, 3.8) is 0 Å². The lowest BCUT2D eigenvalue weighted by Crippen LogP contribution is -2.08. The van der Waals surface area contributed by atoms with Crippen molar-refractivity contribution in [2.75, 3.05) is 0 Å². The fourth-order valence-electron chi connectivity index (χ4n) is 3.80. The van der Waals surface area contributed by atoms with Crippen molar-refractivity contribution in [2.45, 2.75) is 0 Å². The minimum absolute atomic E-state index is 0.125. The Hall–Kier alpha value is -4.31. The summed E-state index contributed by atoms with van der Waals surface area (Å²) in [6.07, 6.45) is 0. The van der Waals surface area contributed by atoms with Crippen molar-refractivity contribution >= 4 is 11.0 Å². The highest BCUT2D eigenvalue weighted by Gasteiger charge is 2.20. The number of phenols is 2. The summed E-state index contributed by atoms with van der Waals surface area (Å²) in [5, 5.41) is 19.8. The summed E-state index contributed by atoms with van der Waals surface area (Å²) < 4.78 is 6.32. The van der Waals surface area contributed by atoms with Crippen LogP contribution in [-0.2, 0) is 0 Å². The van der Waals surface area contributed by atoms with Crippen molar-refractivity contribution < 1.29 is 14.6 Å². The van der Waals surface area contributed by atoms with Crippen LogP contribution < -0.4 is 5.43 Å². The Bertz CT molecular complexity index is 1430. The lowest BCUT2D eigenvalue weighted by atomic mass is 9.95. The Balaban J connectivity index is 1.88. The van der Waals surface area contributed by atoms with Crippen molar-refractivity contribution in [2.24, 2.45) is 0 Å². The second-order valence-corrected chi connectivity index (χ2v) is 7.27. The smallest absolute Gasteiger partial charge is 0.201 e. The van der Waals surface area contributed by atoms with Gasteiger partial charge in [0.05, 0.1) is 10.9 Å². The van der Waals surface area contributed by atoms with Crippen LogP contribution in [0.5, 0.6) is 11.5 Å². The highest BCUT2D eigenvalue weighted by atomic mass is 16.3. The van der Waals surface area contributed by atoms with E-state index in [9.17, 15) is 15.0 Å². The van der Waals surface area contributed by atoms with Gasteiger partial charge in [-0.3, -0.25) is 4.79 Å². The first kappa shape index (κ1) is 18.7. The van der Waals surface area contributed by atoms with Gasteiger partial charge in [-0.05, 0) is 47.0 Å². The third kappa shape index (κ3) is 3.34. The summed E-state index contributed by atoms with van der Waals surface area (Å²) in [6, 6.07) is 28.3. The predicted molar refractivity (Wildman–Crippen MR) is 122 cm³/mol. The zero-order chi connectivity index (χ0) is 21.4. The van der Waals surface area contributed by atoms with E-state index in [0.717, 1.165) is 16.7 Å². The maximum Gasteiger partial charge on any atom is 0.201 e. The van der Waals surface area contributed by atoms with Gasteiger partial charge < -0.3 is 14.6 Å². The average Bonchev–Trinajstić information content (AvgIpc) is 2.80. The standard InChI is InChI=1S/C27H18O4/c28-20-13-9-17(10-14-20)22-7-4-8-23-25(22)26(30)24(18-11-15-21(29)16-12-18)27(31-23)19-5-2-1-3-6-19/h1-16,28-29H. The lowest BCUT2D eigenvalue weighted by Gasteiger charge is -2.13. The number of fused-ring (bicyclic) bond motifs is 1. The molecule has 0 saturated carbocycles. The Morgan fingerprint density at radius 1 is 0.581 bits per heavy atom. The molecule has 0 bridgehead atoms. The van der Waals surface area contributed by atoms with Gasteiger partial charge in [0.2, 0.25) is 5.43 Å². The molecule has 1 aromatic heterocycles. The molecule has 5 aromatic rings. The number of hydrogen-bond donors (Lipinski definition) is 2.